The van der Waals surface area contributed by atoms with Crippen molar-refractivity contribution in [3.63, 3.8) is 0 Å². The first kappa shape index (κ1) is 19.6. The lowest BCUT2D eigenvalue weighted by Crippen LogP contribution is -2.23. The topological polar surface area (TPSA) is 129 Å². The third-order valence-corrected chi connectivity index (χ3v) is 3.60. The third-order valence-electron chi connectivity index (χ3n) is 3.60. The van der Waals surface area contributed by atoms with Crippen molar-refractivity contribution in [1.29, 1.82) is 5.26 Å². The summed E-state index contributed by atoms with van der Waals surface area (Å²) in [5.41, 5.74) is 6.24. The van der Waals surface area contributed by atoms with Crippen molar-refractivity contribution >= 4 is 13.5 Å². The number of hydrogen-bond acceptors (Lipinski definition) is 8. The molecule has 0 saturated carbocycles. The van der Waals surface area contributed by atoms with E-state index < -0.39 is 11.8 Å². The normalized spacial score (nSPS) is 11.5. The number of carbonyl (C=O) groups excluding carboxylic acids is 1. The van der Waals surface area contributed by atoms with Crippen LogP contribution in [0.15, 0.2) is 30.3 Å². The summed E-state index contributed by atoms with van der Waals surface area (Å²) in [4.78, 5) is 12.4. The van der Waals surface area contributed by atoms with E-state index >= 15 is 0 Å². The molecule has 0 bridgehead atoms. The Labute approximate surface area is 152 Å². The molecule has 0 aliphatic carbocycles. The van der Waals surface area contributed by atoms with Crippen LogP contribution in [-0.2, 0) is 33.8 Å². The molecule has 1 aromatic carbocycles. The van der Waals surface area contributed by atoms with Crippen molar-refractivity contribution in [3.8, 4) is 6.07 Å². The van der Waals surface area contributed by atoms with E-state index in [1.807, 2.05) is 36.4 Å². The van der Waals surface area contributed by atoms with Crippen LogP contribution < -0.4 is 5.73 Å². The molecule has 26 heavy (non-hydrogen) atoms. The number of nitriles is 1. The van der Waals surface area contributed by atoms with Crippen LogP contribution in [0.2, 0.25) is 5.82 Å². The number of carbonyl (C=O) groups is 1. The van der Waals surface area contributed by atoms with Gasteiger partial charge in [-0.05, 0) is 22.4 Å². The molecule has 2 aromatic rings. The zero-order valence-corrected chi connectivity index (χ0v) is 14.3. The van der Waals surface area contributed by atoms with E-state index in [4.69, 9.17) is 20.4 Å². The molecule has 1 atom stereocenters. The summed E-state index contributed by atoms with van der Waals surface area (Å²) in [5, 5.41) is 20.1. The molecule has 0 saturated heterocycles. The van der Waals surface area contributed by atoms with E-state index in [0.29, 0.717) is 31.6 Å². The van der Waals surface area contributed by atoms with E-state index in [-0.39, 0.29) is 13.3 Å². The van der Waals surface area contributed by atoms with Gasteiger partial charge in [-0.15, -0.1) is 5.10 Å². The maximum absolute atomic E-state index is 12.4. The SMILES string of the molecule is N#CCCn1nnnc1CCC([B]OCN)C(=O)OCc1ccccc1. The van der Waals surface area contributed by atoms with Crippen molar-refractivity contribution in [2.45, 2.75) is 38.2 Å². The Kier molecular flexibility index (Phi) is 8.25. The molecule has 1 aromatic heterocycles. The fourth-order valence-corrected chi connectivity index (χ4v) is 2.27. The molecule has 1 heterocycles. The number of aryl methyl sites for hydroxylation is 2. The summed E-state index contributed by atoms with van der Waals surface area (Å²) in [6.07, 6.45) is 1.15. The minimum Gasteiger partial charge on any atom is -0.461 e. The van der Waals surface area contributed by atoms with Gasteiger partial charge in [0.2, 0.25) is 0 Å². The van der Waals surface area contributed by atoms with Crippen LogP contribution in [0.3, 0.4) is 0 Å². The molecule has 1 radical (unpaired) electrons. The minimum absolute atomic E-state index is 0.0254. The summed E-state index contributed by atoms with van der Waals surface area (Å²) in [5.74, 6) is -0.399. The number of rotatable bonds is 11. The Morgan fingerprint density at radius 3 is 2.92 bits per heavy atom. The molecule has 10 heteroatoms. The number of aromatic nitrogens is 4. The van der Waals surface area contributed by atoms with E-state index in [9.17, 15) is 4.79 Å². The highest BCUT2D eigenvalue weighted by molar-refractivity contribution is 6.36. The van der Waals surface area contributed by atoms with Gasteiger partial charge < -0.3 is 15.1 Å². The van der Waals surface area contributed by atoms with Crippen molar-refractivity contribution in [3.05, 3.63) is 41.7 Å². The molecular weight excluding hydrogens is 335 g/mol. The Morgan fingerprint density at radius 2 is 2.19 bits per heavy atom. The van der Waals surface area contributed by atoms with Gasteiger partial charge in [0.05, 0.1) is 31.6 Å². The monoisotopic (exact) mass is 355 g/mol. The molecule has 9 nitrogen and oxygen atoms in total. The molecule has 2 rings (SSSR count). The number of ether oxygens (including phenoxy) is 1. The summed E-state index contributed by atoms with van der Waals surface area (Å²) in [6, 6.07) is 11.5. The van der Waals surface area contributed by atoms with Crippen LogP contribution in [0.25, 0.3) is 0 Å². The minimum atomic E-state index is -0.594. The fraction of sp³-hybridized carbons (Fsp3) is 0.438. The van der Waals surface area contributed by atoms with Crippen molar-refractivity contribution in [1.82, 2.24) is 20.2 Å². The number of benzene rings is 1. The second kappa shape index (κ2) is 11.0. The Morgan fingerprint density at radius 1 is 1.38 bits per heavy atom. The zero-order valence-electron chi connectivity index (χ0n) is 14.3. The van der Waals surface area contributed by atoms with Crippen LogP contribution >= 0.6 is 0 Å². The predicted molar refractivity (Wildman–Crippen MR) is 92.2 cm³/mol. The predicted octanol–water partition coefficient (Wildman–Crippen LogP) is 0.603. The van der Waals surface area contributed by atoms with Gasteiger partial charge in [-0.1, -0.05) is 30.3 Å². The summed E-state index contributed by atoms with van der Waals surface area (Å²) < 4.78 is 12.0. The lowest BCUT2D eigenvalue weighted by atomic mass is 9.76. The molecule has 0 amide bonds. The standard InChI is InChI=1S/C16H20BN6O3/c18-9-4-10-23-15(20-21-22-23)8-7-14(17-26-12-19)16(24)25-11-13-5-2-1-3-6-13/h1-3,5-6,14H,4,7-8,10-12,19H2. The fourth-order valence-electron chi connectivity index (χ4n) is 2.27. The third kappa shape index (κ3) is 6.27. The van der Waals surface area contributed by atoms with Gasteiger partial charge >= 0.3 is 13.5 Å². The van der Waals surface area contributed by atoms with Crippen LogP contribution in [0.1, 0.15) is 24.2 Å². The number of hydrogen-bond donors (Lipinski definition) is 1. The van der Waals surface area contributed by atoms with Crippen LogP contribution in [0, 0.1) is 11.3 Å². The number of nitrogens with zero attached hydrogens (tertiary/aromatic N) is 5. The zero-order chi connectivity index (χ0) is 18.6. The molecule has 0 aliphatic rings. The summed E-state index contributed by atoms with van der Waals surface area (Å²) in [6.45, 7) is 0.569. The van der Waals surface area contributed by atoms with Crippen LogP contribution in [-0.4, -0.2) is 40.4 Å². The summed E-state index contributed by atoms with van der Waals surface area (Å²) >= 11 is 0. The smallest absolute Gasteiger partial charge is 0.309 e. The van der Waals surface area contributed by atoms with Crippen molar-refractivity contribution in [2.75, 3.05) is 6.73 Å². The Balaban J connectivity index is 1.90. The van der Waals surface area contributed by atoms with Gasteiger partial charge in [0.1, 0.15) is 6.61 Å². The number of nitrogens with two attached hydrogens (primary N) is 1. The highest BCUT2D eigenvalue weighted by Crippen LogP contribution is 2.17. The maximum Gasteiger partial charge on any atom is 0.309 e. The first-order chi connectivity index (χ1) is 12.7. The number of tetrazole rings is 1. The molecule has 135 valence electrons. The molecular formula is C16H20BN6O3. The molecule has 0 aliphatic heterocycles. The van der Waals surface area contributed by atoms with Crippen molar-refractivity contribution in [2.24, 2.45) is 5.73 Å². The Hall–Kier alpha value is -2.77. The highest BCUT2D eigenvalue weighted by atomic mass is 16.5. The lowest BCUT2D eigenvalue weighted by Gasteiger charge is -2.14. The lowest BCUT2D eigenvalue weighted by molar-refractivity contribution is -0.145. The van der Waals surface area contributed by atoms with Crippen LogP contribution in [0.4, 0.5) is 0 Å². The second-order valence-corrected chi connectivity index (χ2v) is 5.43. The highest BCUT2D eigenvalue weighted by Gasteiger charge is 2.23. The molecule has 0 fully saturated rings. The maximum atomic E-state index is 12.4. The van der Waals surface area contributed by atoms with Crippen molar-refractivity contribution < 1.29 is 14.2 Å². The van der Waals surface area contributed by atoms with Gasteiger partial charge in [-0.3, -0.25) is 4.79 Å². The first-order valence-electron chi connectivity index (χ1n) is 8.22. The van der Waals surface area contributed by atoms with E-state index in [1.165, 1.54) is 7.48 Å². The van der Waals surface area contributed by atoms with Crippen LogP contribution in [0.5, 0.6) is 0 Å². The number of esters is 1. The molecule has 1 unspecified atom stereocenters. The summed E-state index contributed by atoms with van der Waals surface area (Å²) in [7, 11) is 1.39. The van der Waals surface area contributed by atoms with Gasteiger partial charge in [-0.25, -0.2) is 4.68 Å². The molecule has 2 N–H and O–H groups in total. The molecule has 0 spiro atoms. The Bertz CT molecular complexity index is 718. The van der Waals surface area contributed by atoms with Gasteiger partial charge in [0.25, 0.3) is 0 Å². The first-order valence-corrected chi connectivity index (χ1v) is 8.22. The largest absolute Gasteiger partial charge is 0.461 e. The van der Waals surface area contributed by atoms with Gasteiger partial charge in [0, 0.05) is 6.42 Å². The van der Waals surface area contributed by atoms with E-state index in [2.05, 4.69) is 15.5 Å². The van der Waals surface area contributed by atoms with Gasteiger partial charge in [-0.2, -0.15) is 5.26 Å². The second-order valence-electron chi connectivity index (χ2n) is 5.43. The van der Waals surface area contributed by atoms with E-state index in [0.717, 1.165) is 5.56 Å². The van der Waals surface area contributed by atoms with E-state index in [1.54, 1.807) is 4.68 Å². The van der Waals surface area contributed by atoms with Gasteiger partial charge in [0.15, 0.2) is 5.82 Å². The quantitative estimate of drug-likeness (QED) is 0.352. The average Bonchev–Trinajstić information content (AvgIpc) is 3.12. The average molecular weight is 355 g/mol.